The highest BCUT2D eigenvalue weighted by Crippen LogP contribution is 2.49. The molecule has 3 aliphatic rings. The van der Waals surface area contributed by atoms with Crippen molar-refractivity contribution in [3.63, 3.8) is 0 Å². The summed E-state index contributed by atoms with van der Waals surface area (Å²) in [5.41, 5.74) is 12.6. The fourth-order valence-corrected chi connectivity index (χ4v) is 12.1. The van der Waals surface area contributed by atoms with Gasteiger partial charge in [0, 0.05) is 50.5 Å². The Bertz CT molecular complexity index is 3430. The molecule has 0 aliphatic heterocycles. The number of fused-ring (bicyclic) bond motifs is 3. The van der Waals surface area contributed by atoms with Crippen LogP contribution in [0, 0.1) is 24.2 Å². The van der Waals surface area contributed by atoms with Gasteiger partial charge in [-0.15, -0.1) is 12.3 Å². The van der Waals surface area contributed by atoms with Crippen molar-refractivity contribution in [3.8, 4) is 18.1 Å². The number of nitrogens with zero attached hydrogens (tertiary/aromatic N) is 2. The van der Waals surface area contributed by atoms with Gasteiger partial charge in [-0.25, -0.2) is 0 Å². The van der Waals surface area contributed by atoms with E-state index in [1.54, 1.807) is 6.92 Å². The molecule has 1 atom stereocenters. The minimum absolute atomic E-state index is 0.0769. The number of benzene rings is 5. The number of para-hydroxylation sites is 2. The van der Waals surface area contributed by atoms with Crippen molar-refractivity contribution in [1.29, 1.82) is 0 Å². The number of anilines is 3. The predicted octanol–water partition coefficient (Wildman–Crippen LogP) is 22.7. The van der Waals surface area contributed by atoms with Crippen LogP contribution in [-0.4, -0.2) is 6.61 Å². The third kappa shape index (κ3) is 14.5. The molecule has 1 unspecified atom stereocenters. The number of rotatable bonds is 18. The quantitative estimate of drug-likeness (QED) is 0.0634. The van der Waals surface area contributed by atoms with Gasteiger partial charge < -0.3 is 19.0 Å². The highest BCUT2D eigenvalue weighted by Gasteiger charge is 2.30. The second-order valence-corrected chi connectivity index (χ2v) is 21.1. The van der Waals surface area contributed by atoms with E-state index in [0.29, 0.717) is 18.4 Å². The minimum Gasteiger partial charge on any atom is -0.491 e. The van der Waals surface area contributed by atoms with E-state index in [4.69, 9.17) is 22.3 Å². The first kappa shape index (κ1) is 62.7. The Hall–Kier alpha value is -7.48. The molecule has 5 aromatic carbocycles. The number of hydrogen-bond acceptors (Lipinski definition) is 4. The van der Waals surface area contributed by atoms with Gasteiger partial charge in [-0.3, -0.25) is 0 Å². The minimum atomic E-state index is 0.0769. The van der Waals surface area contributed by atoms with Crippen LogP contribution >= 0.6 is 0 Å². The zero-order chi connectivity index (χ0) is 58.4. The summed E-state index contributed by atoms with van der Waals surface area (Å²) in [6, 6.07) is 26.9. The second kappa shape index (κ2) is 31.5. The van der Waals surface area contributed by atoms with Crippen LogP contribution in [0.2, 0.25) is 0 Å². The van der Waals surface area contributed by atoms with Crippen LogP contribution in [0.5, 0.6) is 5.75 Å². The summed E-state index contributed by atoms with van der Waals surface area (Å²) >= 11 is 0. The summed E-state index contributed by atoms with van der Waals surface area (Å²) < 4.78 is 14.4. The maximum atomic E-state index is 7.28. The topological polar surface area (TPSA) is 28.9 Å². The number of furan rings is 1. The van der Waals surface area contributed by atoms with Crippen molar-refractivity contribution in [2.75, 3.05) is 16.4 Å². The lowest BCUT2D eigenvalue weighted by atomic mass is 9.82. The van der Waals surface area contributed by atoms with Crippen LogP contribution in [-0.2, 0) is 0 Å². The molecule has 1 heterocycles. The Morgan fingerprint density at radius 1 is 0.802 bits per heavy atom. The van der Waals surface area contributed by atoms with E-state index in [0.717, 1.165) is 102 Å². The Morgan fingerprint density at radius 2 is 1.49 bits per heavy atom. The zero-order valence-electron chi connectivity index (χ0n) is 51.3. The molecule has 0 spiro atoms. The van der Waals surface area contributed by atoms with Gasteiger partial charge in [0.05, 0.1) is 23.7 Å². The van der Waals surface area contributed by atoms with Gasteiger partial charge in [0.25, 0.3) is 0 Å². The van der Waals surface area contributed by atoms with Crippen molar-refractivity contribution in [3.05, 3.63) is 204 Å². The van der Waals surface area contributed by atoms with Gasteiger partial charge in [0.2, 0.25) is 0 Å². The zero-order valence-corrected chi connectivity index (χ0v) is 51.3. The monoisotopic (exact) mass is 1080 g/mol. The van der Waals surface area contributed by atoms with Crippen molar-refractivity contribution in [1.82, 2.24) is 0 Å². The van der Waals surface area contributed by atoms with E-state index >= 15 is 0 Å². The summed E-state index contributed by atoms with van der Waals surface area (Å²) in [5, 5.41) is 6.92. The molecule has 0 saturated heterocycles. The summed E-state index contributed by atoms with van der Waals surface area (Å²) in [5.74, 6) is 5.45. The fraction of sp³-hybridized carbons (Fsp3) is 0.351. The van der Waals surface area contributed by atoms with Crippen LogP contribution in [0.1, 0.15) is 182 Å². The largest absolute Gasteiger partial charge is 0.491 e. The number of ether oxygens (including phenoxy) is 1. The lowest BCUT2D eigenvalue weighted by molar-refractivity contribution is 0.245. The number of terminal acetylenes is 1. The Morgan fingerprint density at radius 3 is 2.19 bits per heavy atom. The van der Waals surface area contributed by atoms with E-state index in [9.17, 15) is 0 Å². The normalized spacial score (nSPS) is 15.7. The van der Waals surface area contributed by atoms with Gasteiger partial charge >= 0.3 is 0 Å². The summed E-state index contributed by atoms with van der Waals surface area (Å²) in [7, 11) is 0. The lowest BCUT2D eigenvalue weighted by Gasteiger charge is -2.32. The molecule has 0 radical (unpaired) electrons. The van der Waals surface area contributed by atoms with Crippen molar-refractivity contribution in [2.45, 2.75) is 159 Å². The van der Waals surface area contributed by atoms with Crippen molar-refractivity contribution < 1.29 is 9.15 Å². The average Bonchev–Trinajstić information content (AvgIpc) is 4.03. The molecular weight excluding hydrogens is 985 g/mol. The molecule has 0 amide bonds. The SMILES string of the molecule is C#CC.C=C/C=C\C(C)c1cccc(N(C(=C)/C=C\C=C\C)C(=C)c2ccc3ccc(N(/C(C)=C/C(C)=C\C)c4cccc5c6c(oc45)C(C4CCCCC4)=CCC=C6)c4cc/c(=C/C)c2c34)c1OCCC1CCCCC1.CC.CC. The first-order valence-electron chi connectivity index (χ1n) is 30.5. The van der Waals surface area contributed by atoms with E-state index in [2.05, 4.69) is 191 Å². The first-order valence-corrected chi connectivity index (χ1v) is 30.5. The van der Waals surface area contributed by atoms with Crippen molar-refractivity contribution >= 4 is 73.0 Å². The van der Waals surface area contributed by atoms with Gasteiger partial charge in [0.15, 0.2) is 5.58 Å². The summed E-state index contributed by atoms with van der Waals surface area (Å²) in [6.07, 6.45) is 47.4. The molecule has 6 aromatic rings. The Labute approximate surface area is 489 Å². The molecule has 2 fully saturated rings. The van der Waals surface area contributed by atoms with Crippen LogP contribution < -0.4 is 19.8 Å². The Kier molecular flexibility index (Phi) is 24.4. The Balaban J connectivity index is 0.00000145. The molecule has 4 heteroatoms. The van der Waals surface area contributed by atoms with Crippen molar-refractivity contribution in [2.24, 2.45) is 11.8 Å². The molecule has 1 aromatic heterocycles. The highest BCUT2D eigenvalue weighted by molar-refractivity contribution is 6.19. The highest BCUT2D eigenvalue weighted by atomic mass is 16.5. The molecule has 81 heavy (non-hydrogen) atoms. The van der Waals surface area contributed by atoms with Gasteiger partial charge in [0.1, 0.15) is 11.5 Å². The third-order valence-corrected chi connectivity index (χ3v) is 16.0. The third-order valence-electron chi connectivity index (χ3n) is 16.0. The van der Waals surface area contributed by atoms with Crippen LogP contribution in [0.4, 0.5) is 17.1 Å². The molecule has 0 N–H and O–H groups in total. The van der Waals surface area contributed by atoms with E-state index in [1.165, 1.54) is 86.3 Å². The van der Waals surface area contributed by atoms with E-state index in [-0.39, 0.29) is 5.92 Å². The van der Waals surface area contributed by atoms with Crippen LogP contribution in [0.25, 0.3) is 55.9 Å². The smallest absolute Gasteiger partial charge is 0.159 e. The lowest BCUT2D eigenvalue weighted by Crippen LogP contribution is -2.22. The average molecular weight is 1080 g/mol. The van der Waals surface area contributed by atoms with E-state index < -0.39 is 0 Å². The fourth-order valence-electron chi connectivity index (χ4n) is 12.1. The molecular formula is C77H94N2O2. The number of allylic oxidation sites excluding steroid dienone is 14. The number of hydrogen-bond donors (Lipinski definition) is 0. The molecule has 0 bridgehead atoms. The van der Waals surface area contributed by atoms with Gasteiger partial charge in [-0.2, -0.15) is 0 Å². The van der Waals surface area contributed by atoms with E-state index in [1.807, 2.05) is 58.9 Å². The second-order valence-electron chi connectivity index (χ2n) is 21.1. The maximum absolute atomic E-state index is 7.28. The standard InChI is InChI=1S/C70H78N2O2.C3H4.2C2H6/c1-10-14-18-28-50(7)71(64-37-25-35-57(49(6)27-15-11-2)69(64)73-46-45-53-29-19-16-20-30-53)52(9)58-42-40-56-41-44-63(62-43-39-54(13-4)66(58)67(56)62)72(51(8)47-48(5)12-3)65-38-26-36-61-60-34-24-23-33-59(68(60)74-70(61)65)55-31-21-17-22-32-55;1-3-2;2*1-2/h10-15,18,24-28,33-44,47,49,53,55H,2,7,9,16-17,19-23,29-32,45-46H2,1,3-6,8H3;1H,2H3;2*1-2H3/b14-10+,27-15-,28-18-,48-12-,51-47+,54-13-;;;. The maximum Gasteiger partial charge on any atom is 0.159 e. The summed E-state index contributed by atoms with van der Waals surface area (Å²) in [4.78, 5) is 4.66. The molecule has 3 aliphatic carbocycles. The molecule has 424 valence electrons. The summed E-state index contributed by atoms with van der Waals surface area (Å²) in [6.45, 7) is 37.0. The van der Waals surface area contributed by atoms with Crippen LogP contribution in [0.15, 0.2) is 181 Å². The van der Waals surface area contributed by atoms with Gasteiger partial charge in [-0.1, -0.05) is 233 Å². The first-order chi connectivity index (χ1) is 39.6. The van der Waals surface area contributed by atoms with Crippen LogP contribution in [0.3, 0.4) is 0 Å². The molecule has 9 rings (SSSR count). The molecule has 2 saturated carbocycles. The van der Waals surface area contributed by atoms with Gasteiger partial charge in [-0.05, 0) is 136 Å². The molecule has 4 nitrogen and oxygen atoms in total. The predicted molar refractivity (Wildman–Crippen MR) is 359 cm³/mol.